The van der Waals surface area contributed by atoms with Crippen LogP contribution in [0.4, 0.5) is 0 Å². The molecule has 0 aromatic carbocycles. The summed E-state index contributed by atoms with van der Waals surface area (Å²) in [6, 6.07) is 0. The van der Waals surface area contributed by atoms with Gasteiger partial charge in [0.05, 0.1) is 11.7 Å². The average molecular weight is 275 g/mol. The van der Waals surface area contributed by atoms with E-state index in [0.29, 0.717) is 6.10 Å². The number of halogens is 1. The van der Waals surface area contributed by atoms with Gasteiger partial charge in [-0.1, -0.05) is 42.1 Å². The van der Waals surface area contributed by atoms with Crippen molar-refractivity contribution in [2.45, 2.75) is 70.0 Å². The van der Waals surface area contributed by atoms with Crippen LogP contribution in [0.1, 0.15) is 58.3 Å². The molecule has 2 heteroatoms. The van der Waals surface area contributed by atoms with E-state index >= 15 is 0 Å². The van der Waals surface area contributed by atoms with Gasteiger partial charge >= 0.3 is 0 Å². The lowest BCUT2D eigenvalue weighted by Crippen LogP contribution is -2.39. The van der Waals surface area contributed by atoms with Gasteiger partial charge in [-0.05, 0) is 38.0 Å². The molecule has 2 aliphatic carbocycles. The van der Waals surface area contributed by atoms with Crippen molar-refractivity contribution in [1.29, 1.82) is 0 Å². The molecule has 2 atom stereocenters. The molecule has 0 saturated heterocycles. The average Bonchev–Trinajstić information content (AvgIpc) is 2.65. The Labute approximate surface area is 102 Å². The first-order valence-corrected chi connectivity index (χ1v) is 7.60. The van der Waals surface area contributed by atoms with E-state index in [2.05, 4.69) is 22.9 Å². The Morgan fingerprint density at radius 3 is 2.47 bits per heavy atom. The summed E-state index contributed by atoms with van der Waals surface area (Å²) in [5.41, 5.74) is 0.187. The zero-order chi connectivity index (χ0) is 10.7. The van der Waals surface area contributed by atoms with Crippen LogP contribution in [-0.4, -0.2) is 17.0 Å². The summed E-state index contributed by atoms with van der Waals surface area (Å²) in [7, 11) is 0. The highest BCUT2D eigenvalue weighted by molar-refractivity contribution is 9.09. The predicted octanol–water partition coefficient (Wildman–Crippen LogP) is 4.29. The summed E-state index contributed by atoms with van der Waals surface area (Å²) in [4.78, 5) is 0. The fraction of sp³-hybridized carbons (Fsp3) is 1.00. The SMILES string of the molecule is CC1CCC(OC2(CBr)CCCCC2)C1. The lowest BCUT2D eigenvalue weighted by molar-refractivity contribution is -0.0958. The molecule has 0 bridgehead atoms. The van der Waals surface area contributed by atoms with Gasteiger partial charge in [-0.25, -0.2) is 0 Å². The molecule has 2 fully saturated rings. The van der Waals surface area contributed by atoms with Crippen molar-refractivity contribution in [3.05, 3.63) is 0 Å². The van der Waals surface area contributed by atoms with Gasteiger partial charge in [0.25, 0.3) is 0 Å². The van der Waals surface area contributed by atoms with Gasteiger partial charge in [0.1, 0.15) is 0 Å². The van der Waals surface area contributed by atoms with Crippen molar-refractivity contribution in [2.75, 3.05) is 5.33 Å². The Morgan fingerprint density at radius 1 is 1.20 bits per heavy atom. The molecule has 0 N–H and O–H groups in total. The number of hydrogen-bond acceptors (Lipinski definition) is 1. The van der Waals surface area contributed by atoms with Crippen molar-refractivity contribution < 1.29 is 4.74 Å². The Morgan fingerprint density at radius 2 is 1.93 bits per heavy atom. The molecule has 0 radical (unpaired) electrons. The van der Waals surface area contributed by atoms with Gasteiger partial charge in [-0.15, -0.1) is 0 Å². The number of hydrogen-bond donors (Lipinski definition) is 0. The summed E-state index contributed by atoms with van der Waals surface area (Å²) in [6.45, 7) is 2.35. The summed E-state index contributed by atoms with van der Waals surface area (Å²) in [6.07, 6.45) is 11.1. The highest BCUT2D eigenvalue weighted by Gasteiger charge is 2.36. The summed E-state index contributed by atoms with van der Waals surface area (Å²) in [5.74, 6) is 0.881. The van der Waals surface area contributed by atoms with Crippen LogP contribution in [0.3, 0.4) is 0 Å². The molecule has 0 aromatic heterocycles. The number of ether oxygens (including phenoxy) is 1. The van der Waals surface area contributed by atoms with Crippen molar-refractivity contribution >= 4 is 15.9 Å². The molecule has 15 heavy (non-hydrogen) atoms. The van der Waals surface area contributed by atoms with Crippen LogP contribution in [0.5, 0.6) is 0 Å². The zero-order valence-electron chi connectivity index (χ0n) is 9.80. The molecule has 2 saturated carbocycles. The molecular weight excluding hydrogens is 252 g/mol. The van der Waals surface area contributed by atoms with E-state index in [9.17, 15) is 0 Å². The maximum atomic E-state index is 6.41. The van der Waals surface area contributed by atoms with E-state index in [1.54, 1.807) is 0 Å². The van der Waals surface area contributed by atoms with Crippen LogP contribution in [0.25, 0.3) is 0 Å². The molecule has 0 amide bonds. The summed E-state index contributed by atoms with van der Waals surface area (Å²) < 4.78 is 6.41. The van der Waals surface area contributed by atoms with E-state index < -0.39 is 0 Å². The highest BCUT2D eigenvalue weighted by atomic mass is 79.9. The fourth-order valence-electron chi connectivity index (χ4n) is 3.09. The van der Waals surface area contributed by atoms with Gasteiger partial charge in [0.2, 0.25) is 0 Å². The Kier molecular flexibility index (Phi) is 4.11. The fourth-order valence-corrected chi connectivity index (χ4v) is 3.79. The lowest BCUT2D eigenvalue weighted by Gasteiger charge is -2.38. The van der Waals surface area contributed by atoms with E-state index in [4.69, 9.17) is 4.74 Å². The van der Waals surface area contributed by atoms with E-state index in [-0.39, 0.29) is 5.60 Å². The maximum Gasteiger partial charge on any atom is 0.0782 e. The van der Waals surface area contributed by atoms with Crippen LogP contribution in [0, 0.1) is 5.92 Å². The second kappa shape index (κ2) is 5.18. The number of alkyl halides is 1. The van der Waals surface area contributed by atoms with Gasteiger partial charge in [0.15, 0.2) is 0 Å². The molecule has 2 rings (SSSR count). The van der Waals surface area contributed by atoms with E-state index in [0.717, 1.165) is 11.2 Å². The van der Waals surface area contributed by atoms with Gasteiger partial charge in [-0.3, -0.25) is 0 Å². The quantitative estimate of drug-likeness (QED) is 0.698. The van der Waals surface area contributed by atoms with Gasteiger partial charge in [0, 0.05) is 5.33 Å². The first-order chi connectivity index (χ1) is 7.24. The Hall–Kier alpha value is 0.440. The third kappa shape index (κ3) is 2.97. The smallest absolute Gasteiger partial charge is 0.0782 e. The van der Waals surface area contributed by atoms with Crippen LogP contribution >= 0.6 is 15.9 Å². The minimum atomic E-state index is 0.187. The largest absolute Gasteiger partial charge is 0.371 e. The third-order valence-electron chi connectivity index (χ3n) is 4.07. The minimum Gasteiger partial charge on any atom is -0.371 e. The van der Waals surface area contributed by atoms with Crippen LogP contribution in [0.2, 0.25) is 0 Å². The van der Waals surface area contributed by atoms with E-state index in [1.165, 1.54) is 51.4 Å². The van der Waals surface area contributed by atoms with Gasteiger partial charge in [-0.2, -0.15) is 0 Å². The Bertz CT molecular complexity index is 199. The first-order valence-electron chi connectivity index (χ1n) is 6.48. The van der Waals surface area contributed by atoms with Crippen molar-refractivity contribution in [3.63, 3.8) is 0 Å². The highest BCUT2D eigenvalue weighted by Crippen LogP contribution is 2.38. The maximum absolute atomic E-state index is 6.41. The molecule has 0 spiro atoms. The molecule has 0 aliphatic heterocycles. The second-order valence-electron chi connectivity index (χ2n) is 5.54. The lowest BCUT2D eigenvalue weighted by atomic mass is 9.86. The second-order valence-corrected chi connectivity index (χ2v) is 6.10. The molecule has 0 heterocycles. The van der Waals surface area contributed by atoms with Crippen molar-refractivity contribution in [2.24, 2.45) is 5.92 Å². The topological polar surface area (TPSA) is 9.23 Å². The normalized spacial score (nSPS) is 35.6. The predicted molar refractivity (Wildman–Crippen MR) is 67.5 cm³/mol. The molecule has 2 unspecified atom stereocenters. The van der Waals surface area contributed by atoms with E-state index in [1.807, 2.05) is 0 Å². The molecular formula is C13H23BrO. The summed E-state index contributed by atoms with van der Waals surface area (Å²) in [5, 5.41) is 1.03. The standard InChI is InChI=1S/C13H23BrO/c1-11-5-6-12(9-11)15-13(10-14)7-3-2-4-8-13/h11-12H,2-10H2,1H3. The summed E-state index contributed by atoms with van der Waals surface area (Å²) >= 11 is 3.67. The van der Waals surface area contributed by atoms with Crippen LogP contribution in [-0.2, 0) is 4.74 Å². The van der Waals surface area contributed by atoms with Gasteiger partial charge < -0.3 is 4.74 Å². The monoisotopic (exact) mass is 274 g/mol. The minimum absolute atomic E-state index is 0.187. The zero-order valence-corrected chi connectivity index (χ0v) is 11.4. The van der Waals surface area contributed by atoms with Crippen molar-refractivity contribution in [1.82, 2.24) is 0 Å². The van der Waals surface area contributed by atoms with Crippen LogP contribution < -0.4 is 0 Å². The molecule has 88 valence electrons. The molecule has 0 aromatic rings. The Balaban J connectivity index is 1.89. The third-order valence-corrected chi connectivity index (χ3v) is 5.09. The molecule has 1 nitrogen and oxygen atoms in total. The van der Waals surface area contributed by atoms with Crippen molar-refractivity contribution in [3.8, 4) is 0 Å². The first kappa shape index (κ1) is 11.9. The number of rotatable bonds is 3. The van der Waals surface area contributed by atoms with Crippen LogP contribution in [0.15, 0.2) is 0 Å². The molecule has 2 aliphatic rings.